The lowest BCUT2D eigenvalue weighted by atomic mass is 9.85. The fraction of sp³-hybridized carbons (Fsp3) is 0.364. The lowest BCUT2D eigenvalue weighted by molar-refractivity contribution is -0.125. The van der Waals surface area contributed by atoms with Crippen LogP contribution in [0.1, 0.15) is 24.0 Å². The SMILES string of the molecule is O=C1NC(c2ccccc2)=N[C@]12CC[C@H]1CN(Cc3ccc(F)cc3)C[C@H]12. The molecule has 2 fully saturated rings. The van der Waals surface area contributed by atoms with Crippen molar-refractivity contribution in [2.75, 3.05) is 13.1 Å². The van der Waals surface area contributed by atoms with Gasteiger partial charge in [0.05, 0.1) is 0 Å². The number of hydrogen-bond donors (Lipinski definition) is 1. The third-order valence-corrected chi connectivity index (χ3v) is 6.33. The molecule has 1 amide bonds. The van der Waals surface area contributed by atoms with Gasteiger partial charge in [0, 0.05) is 31.1 Å². The van der Waals surface area contributed by atoms with Crippen molar-refractivity contribution in [1.29, 1.82) is 0 Å². The number of nitrogens with one attached hydrogen (secondary N) is 1. The normalized spacial score (nSPS) is 29.8. The Balaban J connectivity index is 1.37. The van der Waals surface area contributed by atoms with Crippen LogP contribution in [-0.2, 0) is 11.3 Å². The number of hydrogen-bond acceptors (Lipinski definition) is 3. The number of nitrogens with zero attached hydrogens (tertiary/aromatic N) is 2. The summed E-state index contributed by atoms with van der Waals surface area (Å²) in [7, 11) is 0. The molecule has 0 radical (unpaired) electrons. The molecule has 2 aliphatic heterocycles. The standard InChI is InChI=1S/C22H22FN3O/c23-18-8-6-15(7-9-18)12-26-13-17-10-11-22(19(17)14-26)21(27)24-20(25-22)16-4-2-1-3-5-16/h1-9,17,19H,10-14H2,(H,24,25,27)/t17-,19+,22-/m0/s1. The number of amides is 1. The number of carbonyl (C=O) groups excluding carboxylic acids is 1. The van der Waals surface area contributed by atoms with Gasteiger partial charge >= 0.3 is 0 Å². The van der Waals surface area contributed by atoms with E-state index in [-0.39, 0.29) is 17.6 Å². The topological polar surface area (TPSA) is 44.7 Å². The minimum atomic E-state index is -0.618. The van der Waals surface area contributed by atoms with Crippen molar-refractivity contribution in [3.05, 3.63) is 71.5 Å². The van der Waals surface area contributed by atoms with E-state index in [9.17, 15) is 9.18 Å². The Morgan fingerprint density at radius 3 is 2.67 bits per heavy atom. The number of halogens is 1. The summed E-state index contributed by atoms with van der Waals surface area (Å²) in [5.41, 5.74) is 1.45. The fourth-order valence-corrected chi connectivity index (χ4v) is 5.01. The van der Waals surface area contributed by atoms with Gasteiger partial charge in [-0.25, -0.2) is 4.39 Å². The van der Waals surface area contributed by atoms with Gasteiger partial charge < -0.3 is 5.32 Å². The maximum Gasteiger partial charge on any atom is 0.253 e. The van der Waals surface area contributed by atoms with E-state index in [0.29, 0.717) is 11.8 Å². The van der Waals surface area contributed by atoms with Gasteiger partial charge in [0.2, 0.25) is 0 Å². The van der Waals surface area contributed by atoms with Crippen molar-refractivity contribution in [1.82, 2.24) is 10.2 Å². The molecule has 4 nitrogen and oxygen atoms in total. The Labute approximate surface area is 158 Å². The minimum absolute atomic E-state index is 0.0532. The molecule has 2 aromatic carbocycles. The van der Waals surface area contributed by atoms with E-state index >= 15 is 0 Å². The van der Waals surface area contributed by atoms with Gasteiger partial charge in [-0.15, -0.1) is 0 Å². The van der Waals surface area contributed by atoms with Gasteiger partial charge in [-0.1, -0.05) is 42.5 Å². The molecule has 1 saturated heterocycles. The average Bonchev–Trinajstić information content (AvgIpc) is 3.34. The largest absolute Gasteiger partial charge is 0.308 e. The van der Waals surface area contributed by atoms with Crippen molar-refractivity contribution in [3.8, 4) is 0 Å². The molecular weight excluding hydrogens is 341 g/mol. The highest BCUT2D eigenvalue weighted by atomic mass is 19.1. The summed E-state index contributed by atoms with van der Waals surface area (Å²) in [4.78, 5) is 20.3. The zero-order chi connectivity index (χ0) is 18.4. The van der Waals surface area contributed by atoms with Crippen LogP contribution in [0.25, 0.3) is 0 Å². The van der Waals surface area contributed by atoms with Crippen molar-refractivity contribution in [2.24, 2.45) is 16.8 Å². The first-order chi connectivity index (χ1) is 13.1. The smallest absolute Gasteiger partial charge is 0.253 e. The lowest BCUT2D eigenvalue weighted by Gasteiger charge is -2.25. The first kappa shape index (κ1) is 16.6. The molecule has 0 unspecified atom stereocenters. The molecule has 138 valence electrons. The number of rotatable bonds is 3. The number of benzene rings is 2. The van der Waals surface area contributed by atoms with E-state index in [4.69, 9.17) is 4.99 Å². The Morgan fingerprint density at radius 1 is 1.11 bits per heavy atom. The molecule has 1 saturated carbocycles. The molecular formula is C22H22FN3O. The van der Waals surface area contributed by atoms with Crippen LogP contribution >= 0.6 is 0 Å². The average molecular weight is 363 g/mol. The molecule has 5 heteroatoms. The zero-order valence-corrected chi connectivity index (χ0v) is 15.1. The molecule has 3 atom stereocenters. The van der Waals surface area contributed by atoms with Crippen LogP contribution in [0.2, 0.25) is 0 Å². The summed E-state index contributed by atoms with van der Waals surface area (Å²) >= 11 is 0. The summed E-state index contributed by atoms with van der Waals surface area (Å²) in [5.74, 6) is 1.30. The summed E-state index contributed by atoms with van der Waals surface area (Å²) in [6, 6.07) is 16.6. The first-order valence-corrected chi connectivity index (χ1v) is 9.57. The molecule has 2 heterocycles. The number of fused-ring (bicyclic) bond motifs is 2. The molecule has 0 bridgehead atoms. The summed E-state index contributed by atoms with van der Waals surface area (Å²) in [6.07, 6.45) is 1.86. The Bertz CT molecular complexity index is 896. The Kier molecular flexibility index (Phi) is 3.86. The maximum atomic E-state index is 13.1. The second-order valence-electron chi connectivity index (χ2n) is 7.93. The second-order valence-corrected chi connectivity index (χ2v) is 7.93. The fourth-order valence-electron chi connectivity index (χ4n) is 5.01. The van der Waals surface area contributed by atoms with Gasteiger partial charge in [-0.05, 0) is 36.5 Å². The minimum Gasteiger partial charge on any atom is -0.308 e. The van der Waals surface area contributed by atoms with Gasteiger partial charge in [-0.2, -0.15) is 0 Å². The number of aliphatic imine (C=N–C) groups is 1. The molecule has 27 heavy (non-hydrogen) atoms. The van der Waals surface area contributed by atoms with Crippen LogP contribution in [0, 0.1) is 17.7 Å². The molecule has 0 aromatic heterocycles. The van der Waals surface area contributed by atoms with E-state index in [0.717, 1.165) is 43.6 Å². The Morgan fingerprint density at radius 2 is 1.89 bits per heavy atom. The zero-order valence-electron chi connectivity index (χ0n) is 15.1. The van der Waals surface area contributed by atoms with E-state index in [1.54, 1.807) is 0 Å². The van der Waals surface area contributed by atoms with E-state index < -0.39 is 5.54 Å². The molecule has 5 rings (SSSR count). The van der Waals surface area contributed by atoms with Gasteiger partial charge in [0.25, 0.3) is 5.91 Å². The Hall–Kier alpha value is -2.53. The highest BCUT2D eigenvalue weighted by Crippen LogP contribution is 2.49. The van der Waals surface area contributed by atoms with Crippen LogP contribution < -0.4 is 5.32 Å². The number of likely N-dealkylation sites (tertiary alicyclic amines) is 1. The highest BCUT2D eigenvalue weighted by Gasteiger charge is 2.59. The van der Waals surface area contributed by atoms with Crippen LogP contribution in [-0.4, -0.2) is 35.3 Å². The lowest BCUT2D eigenvalue weighted by Crippen LogP contribution is -2.44. The monoisotopic (exact) mass is 363 g/mol. The third kappa shape index (κ3) is 2.77. The van der Waals surface area contributed by atoms with Gasteiger partial charge in [0.15, 0.2) is 0 Å². The highest BCUT2D eigenvalue weighted by molar-refractivity contribution is 6.15. The third-order valence-electron chi connectivity index (χ3n) is 6.33. The summed E-state index contributed by atoms with van der Waals surface area (Å²) < 4.78 is 13.1. The van der Waals surface area contributed by atoms with Crippen molar-refractivity contribution >= 4 is 11.7 Å². The number of carbonyl (C=O) groups is 1. The number of amidine groups is 1. The van der Waals surface area contributed by atoms with Crippen LogP contribution in [0.3, 0.4) is 0 Å². The second kappa shape index (κ2) is 6.27. The van der Waals surface area contributed by atoms with Gasteiger partial charge in [-0.3, -0.25) is 14.7 Å². The van der Waals surface area contributed by atoms with Gasteiger partial charge in [0.1, 0.15) is 17.2 Å². The van der Waals surface area contributed by atoms with Crippen molar-refractivity contribution in [2.45, 2.75) is 24.9 Å². The maximum absolute atomic E-state index is 13.1. The summed E-state index contributed by atoms with van der Waals surface area (Å²) in [6.45, 7) is 2.63. The van der Waals surface area contributed by atoms with E-state index in [1.165, 1.54) is 12.1 Å². The van der Waals surface area contributed by atoms with Crippen LogP contribution in [0.15, 0.2) is 59.6 Å². The molecule has 1 spiro atoms. The predicted octanol–water partition coefficient (Wildman–Crippen LogP) is 2.98. The van der Waals surface area contributed by atoms with Crippen LogP contribution in [0.5, 0.6) is 0 Å². The molecule has 1 N–H and O–H groups in total. The van der Waals surface area contributed by atoms with Crippen molar-refractivity contribution < 1.29 is 9.18 Å². The molecule has 3 aliphatic rings. The molecule has 2 aromatic rings. The molecule has 1 aliphatic carbocycles. The predicted molar refractivity (Wildman–Crippen MR) is 102 cm³/mol. The first-order valence-electron chi connectivity index (χ1n) is 9.57. The van der Waals surface area contributed by atoms with Crippen LogP contribution in [0.4, 0.5) is 4.39 Å². The van der Waals surface area contributed by atoms with E-state index in [1.807, 2.05) is 42.5 Å². The quantitative estimate of drug-likeness (QED) is 0.911. The van der Waals surface area contributed by atoms with E-state index in [2.05, 4.69) is 10.2 Å². The van der Waals surface area contributed by atoms with Crippen molar-refractivity contribution in [3.63, 3.8) is 0 Å². The summed E-state index contributed by atoms with van der Waals surface area (Å²) in [5, 5.41) is 3.04.